The number of H-pyrrole nitrogens is 1. The number of ether oxygens (including phenoxy) is 1. The quantitative estimate of drug-likeness (QED) is 0.779. The van der Waals surface area contributed by atoms with Gasteiger partial charge in [0.1, 0.15) is 11.6 Å². The van der Waals surface area contributed by atoms with Crippen LogP contribution in [0.4, 0.5) is 0 Å². The summed E-state index contributed by atoms with van der Waals surface area (Å²) in [7, 11) is 0. The zero-order chi connectivity index (χ0) is 15.8. The Labute approximate surface area is 130 Å². The number of aromatic nitrogens is 2. The molecule has 0 unspecified atom stereocenters. The summed E-state index contributed by atoms with van der Waals surface area (Å²) in [6.45, 7) is 3.18. The van der Waals surface area contributed by atoms with E-state index in [1.54, 1.807) is 0 Å². The maximum atomic E-state index is 11.6. The highest BCUT2D eigenvalue weighted by Crippen LogP contribution is 2.18. The van der Waals surface area contributed by atoms with Crippen molar-refractivity contribution in [2.75, 3.05) is 13.2 Å². The van der Waals surface area contributed by atoms with Gasteiger partial charge in [-0.25, -0.2) is 4.98 Å². The molecule has 3 N–H and O–H groups in total. The molecule has 0 bridgehead atoms. The lowest BCUT2D eigenvalue weighted by Crippen LogP contribution is -2.16. The fourth-order valence-corrected chi connectivity index (χ4v) is 2.29. The van der Waals surface area contributed by atoms with E-state index in [-0.39, 0.29) is 5.56 Å². The Bertz CT molecular complexity index is 652. The van der Waals surface area contributed by atoms with E-state index in [1.165, 1.54) is 11.6 Å². The zero-order valence-electron chi connectivity index (χ0n) is 13.0. The van der Waals surface area contributed by atoms with Crippen LogP contribution in [0.2, 0.25) is 0 Å². The summed E-state index contributed by atoms with van der Waals surface area (Å²) in [6.07, 6.45) is 3.06. The number of rotatable bonds is 8. The number of hydrogen-bond acceptors (Lipinski definition) is 4. The highest BCUT2D eigenvalue weighted by Gasteiger charge is 2.04. The number of nitrogens with one attached hydrogen (secondary N) is 1. The molecule has 0 aliphatic rings. The summed E-state index contributed by atoms with van der Waals surface area (Å²) >= 11 is 0. The first-order valence-corrected chi connectivity index (χ1v) is 7.72. The van der Waals surface area contributed by atoms with Crippen molar-refractivity contribution in [3.05, 3.63) is 57.8 Å². The number of para-hydroxylation sites is 1. The van der Waals surface area contributed by atoms with E-state index in [9.17, 15) is 4.79 Å². The largest absolute Gasteiger partial charge is 0.493 e. The Morgan fingerprint density at radius 2 is 2.09 bits per heavy atom. The molecule has 0 aliphatic carbocycles. The van der Waals surface area contributed by atoms with Crippen LogP contribution >= 0.6 is 0 Å². The van der Waals surface area contributed by atoms with E-state index in [2.05, 4.69) is 23.0 Å². The van der Waals surface area contributed by atoms with E-state index < -0.39 is 0 Å². The van der Waals surface area contributed by atoms with Crippen LogP contribution < -0.4 is 16.0 Å². The first kappa shape index (κ1) is 16.2. The zero-order valence-corrected chi connectivity index (χ0v) is 13.0. The summed E-state index contributed by atoms with van der Waals surface area (Å²) in [6, 6.07) is 9.52. The standard InChI is InChI=1S/C17H23N3O2/c1-2-13-6-3-4-8-15(13)22-11-9-16-19-14(7-5-10-18)12-17(21)20-16/h3-4,6,8,12H,2,5,7,9-11,18H2,1H3,(H,19,20,21). The van der Waals surface area contributed by atoms with Crippen molar-refractivity contribution >= 4 is 0 Å². The molecule has 22 heavy (non-hydrogen) atoms. The molecule has 0 atom stereocenters. The second-order valence-corrected chi connectivity index (χ2v) is 5.14. The Morgan fingerprint density at radius 3 is 2.86 bits per heavy atom. The second kappa shape index (κ2) is 8.34. The fourth-order valence-electron chi connectivity index (χ4n) is 2.29. The first-order valence-electron chi connectivity index (χ1n) is 7.72. The van der Waals surface area contributed by atoms with Crippen LogP contribution in [-0.2, 0) is 19.3 Å². The van der Waals surface area contributed by atoms with Crippen molar-refractivity contribution in [1.29, 1.82) is 0 Å². The Morgan fingerprint density at radius 1 is 1.27 bits per heavy atom. The SMILES string of the molecule is CCc1ccccc1OCCc1nc(CCCN)cc(=O)[nH]1. The third kappa shape index (κ3) is 4.70. The van der Waals surface area contributed by atoms with Gasteiger partial charge >= 0.3 is 0 Å². The summed E-state index contributed by atoms with van der Waals surface area (Å²) in [5.74, 6) is 1.56. The van der Waals surface area contributed by atoms with Crippen LogP contribution in [0.3, 0.4) is 0 Å². The third-order valence-electron chi connectivity index (χ3n) is 3.43. The van der Waals surface area contributed by atoms with E-state index in [0.29, 0.717) is 25.4 Å². The van der Waals surface area contributed by atoms with E-state index in [0.717, 1.165) is 30.7 Å². The van der Waals surface area contributed by atoms with Gasteiger partial charge in [-0.15, -0.1) is 0 Å². The third-order valence-corrected chi connectivity index (χ3v) is 3.43. The van der Waals surface area contributed by atoms with Crippen molar-refractivity contribution in [1.82, 2.24) is 9.97 Å². The number of nitrogens with zero attached hydrogens (tertiary/aromatic N) is 1. The molecular formula is C17H23N3O2. The normalized spacial score (nSPS) is 10.6. The van der Waals surface area contributed by atoms with Crippen molar-refractivity contribution in [3.8, 4) is 5.75 Å². The second-order valence-electron chi connectivity index (χ2n) is 5.14. The minimum absolute atomic E-state index is 0.119. The van der Waals surface area contributed by atoms with Crippen LogP contribution in [0, 0.1) is 0 Å². The summed E-state index contributed by atoms with van der Waals surface area (Å²) in [4.78, 5) is 18.9. The van der Waals surface area contributed by atoms with Gasteiger partial charge in [0.15, 0.2) is 0 Å². The molecule has 0 saturated heterocycles. The van der Waals surface area contributed by atoms with Crippen LogP contribution in [0.1, 0.15) is 30.4 Å². The maximum absolute atomic E-state index is 11.6. The number of benzene rings is 1. The Kier molecular flexibility index (Phi) is 6.15. The molecule has 1 heterocycles. The molecule has 0 amide bonds. The molecule has 118 valence electrons. The molecule has 0 fully saturated rings. The average molecular weight is 301 g/mol. The predicted molar refractivity (Wildman–Crippen MR) is 87.3 cm³/mol. The van der Waals surface area contributed by atoms with Crippen LogP contribution in [0.15, 0.2) is 35.1 Å². The highest BCUT2D eigenvalue weighted by atomic mass is 16.5. The molecule has 0 saturated carbocycles. The topological polar surface area (TPSA) is 81.0 Å². The fraction of sp³-hybridized carbons (Fsp3) is 0.412. The monoisotopic (exact) mass is 301 g/mol. The molecule has 2 rings (SSSR count). The smallest absolute Gasteiger partial charge is 0.251 e. The lowest BCUT2D eigenvalue weighted by molar-refractivity contribution is 0.315. The van der Waals surface area contributed by atoms with Gasteiger partial charge < -0.3 is 15.5 Å². The minimum atomic E-state index is -0.119. The van der Waals surface area contributed by atoms with E-state index in [4.69, 9.17) is 10.5 Å². The van der Waals surface area contributed by atoms with Gasteiger partial charge in [-0.1, -0.05) is 25.1 Å². The molecule has 5 heteroatoms. The number of aromatic amines is 1. The van der Waals surface area contributed by atoms with Crippen LogP contribution in [0.25, 0.3) is 0 Å². The molecule has 1 aromatic carbocycles. The molecular weight excluding hydrogens is 278 g/mol. The predicted octanol–water partition coefficient (Wildman–Crippen LogP) is 1.85. The summed E-state index contributed by atoms with van der Waals surface area (Å²) < 4.78 is 5.81. The van der Waals surface area contributed by atoms with Crippen LogP contribution in [0.5, 0.6) is 5.75 Å². The average Bonchev–Trinajstić information content (AvgIpc) is 2.53. The number of hydrogen-bond donors (Lipinski definition) is 2. The van der Waals surface area contributed by atoms with Crippen molar-refractivity contribution in [3.63, 3.8) is 0 Å². The van der Waals surface area contributed by atoms with Gasteiger partial charge in [0.05, 0.1) is 6.61 Å². The molecule has 0 spiro atoms. The van der Waals surface area contributed by atoms with Crippen molar-refractivity contribution < 1.29 is 4.74 Å². The molecule has 0 radical (unpaired) electrons. The summed E-state index contributed by atoms with van der Waals surface area (Å²) in [5, 5.41) is 0. The van der Waals surface area contributed by atoms with Gasteiger partial charge in [0, 0.05) is 18.2 Å². The lowest BCUT2D eigenvalue weighted by Gasteiger charge is -2.10. The molecule has 1 aromatic heterocycles. The van der Waals surface area contributed by atoms with Crippen LogP contribution in [-0.4, -0.2) is 23.1 Å². The number of nitrogens with two attached hydrogens (primary N) is 1. The minimum Gasteiger partial charge on any atom is -0.493 e. The van der Waals surface area contributed by atoms with Crippen molar-refractivity contribution in [2.45, 2.75) is 32.6 Å². The number of aryl methyl sites for hydroxylation is 2. The lowest BCUT2D eigenvalue weighted by atomic mass is 10.1. The first-order chi connectivity index (χ1) is 10.7. The molecule has 2 aromatic rings. The van der Waals surface area contributed by atoms with Gasteiger partial charge in [-0.05, 0) is 37.4 Å². The molecule has 0 aliphatic heterocycles. The van der Waals surface area contributed by atoms with E-state index >= 15 is 0 Å². The Balaban J connectivity index is 1.96. The van der Waals surface area contributed by atoms with Crippen molar-refractivity contribution in [2.24, 2.45) is 5.73 Å². The maximum Gasteiger partial charge on any atom is 0.251 e. The molecule has 5 nitrogen and oxygen atoms in total. The highest BCUT2D eigenvalue weighted by molar-refractivity contribution is 5.33. The van der Waals surface area contributed by atoms with E-state index in [1.807, 2.05) is 18.2 Å². The van der Waals surface area contributed by atoms with Gasteiger partial charge in [-0.3, -0.25) is 4.79 Å². The summed E-state index contributed by atoms with van der Waals surface area (Å²) in [5.41, 5.74) is 7.34. The Hall–Kier alpha value is -2.14. The van der Waals surface area contributed by atoms with Gasteiger partial charge in [-0.2, -0.15) is 0 Å². The van der Waals surface area contributed by atoms with Gasteiger partial charge in [0.2, 0.25) is 0 Å². The van der Waals surface area contributed by atoms with Gasteiger partial charge in [0.25, 0.3) is 5.56 Å².